The lowest BCUT2D eigenvalue weighted by Gasteiger charge is -2.34. The lowest BCUT2D eigenvalue weighted by atomic mass is 10.1. The van der Waals surface area contributed by atoms with Gasteiger partial charge >= 0.3 is 0 Å². The van der Waals surface area contributed by atoms with E-state index in [1.54, 1.807) is 6.92 Å². The maximum atomic E-state index is 12.4. The number of H-pyrrole nitrogens is 1. The molecule has 1 unspecified atom stereocenters. The Hall–Kier alpha value is -2.11. The number of aromatic amines is 1. The molecule has 1 fully saturated rings. The molecule has 0 aliphatic carbocycles. The first-order chi connectivity index (χ1) is 9.04. The fourth-order valence-electron chi connectivity index (χ4n) is 2.26. The molecule has 1 aliphatic heterocycles. The molecular weight excluding hydrogens is 246 g/mol. The van der Waals surface area contributed by atoms with Crippen LogP contribution in [0, 0.1) is 6.92 Å². The van der Waals surface area contributed by atoms with Crippen molar-refractivity contribution in [2.75, 3.05) is 13.1 Å². The molecule has 1 aliphatic rings. The van der Waals surface area contributed by atoms with E-state index in [2.05, 4.69) is 10.3 Å². The summed E-state index contributed by atoms with van der Waals surface area (Å²) < 4.78 is 0. The number of piperazine rings is 1. The maximum absolute atomic E-state index is 12.4. The molecule has 1 saturated heterocycles. The molecule has 19 heavy (non-hydrogen) atoms. The normalized spacial score (nSPS) is 19.2. The van der Waals surface area contributed by atoms with E-state index >= 15 is 0 Å². The van der Waals surface area contributed by atoms with Gasteiger partial charge in [-0.05, 0) is 13.3 Å². The van der Waals surface area contributed by atoms with Gasteiger partial charge < -0.3 is 15.2 Å². The van der Waals surface area contributed by atoms with Crippen molar-refractivity contribution in [3.05, 3.63) is 33.7 Å². The van der Waals surface area contributed by atoms with Crippen molar-refractivity contribution in [1.82, 2.24) is 15.2 Å². The second-order valence-corrected chi connectivity index (χ2v) is 4.61. The van der Waals surface area contributed by atoms with Crippen molar-refractivity contribution in [2.45, 2.75) is 26.3 Å². The lowest BCUT2D eigenvalue weighted by molar-refractivity contribution is -0.127. The molecule has 0 saturated carbocycles. The number of rotatable bonds is 2. The van der Waals surface area contributed by atoms with Crippen molar-refractivity contribution >= 4 is 11.8 Å². The van der Waals surface area contributed by atoms with Crippen LogP contribution in [0.15, 0.2) is 17.1 Å². The molecule has 0 aromatic carbocycles. The summed E-state index contributed by atoms with van der Waals surface area (Å²) in [6.07, 6.45) is 1.95. The monoisotopic (exact) mass is 263 g/mol. The van der Waals surface area contributed by atoms with Crippen LogP contribution in [0.25, 0.3) is 0 Å². The van der Waals surface area contributed by atoms with Crippen LogP contribution >= 0.6 is 0 Å². The standard InChI is InChI=1S/C13H17N3O3/c1-3-10-12(18)14-4-5-16(10)13(19)9-7-15-8(2)6-11(9)17/h6-7,10H,3-5H2,1-2H3,(H,14,18)(H,15,17). The van der Waals surface area contributed by atoms with E-state index in [1.807, 2.05) is 6.92 Å². The maximum Gasteiger partial charge on any atom is 0.260 e. The van der Waals surface area contributed by atoms with Crippen LogP contribution in [0.2, 0.25) is 0 Å². The number of carbonyl (C=O) groups excluding carboxylic acids is 2. The summed E-state index contributed by atoms with van der Waals surface area (Å²) in [5, 5.41) is 2.72. The fraction of sp³-hybridized carbons (Fsp3) is 0.462. The van der Waals surface area contributed by atoms with Crippen LogP contribution in [0.3, 0.4) is 0 Å². The van der Waals surface area contributed by atoms with E-state index in [1.165, 1.54) is 17.2 Å². The van der Waals surface area contributed by atoms with Crippen molar-refractivity contribution in [1.29, 1.82) is 0 Å². The Bertz CT molecular complexity index is 564. The molecule has 0 radical (unpaired) electrons. The number of nitrogens with zero attached hydrogens (tertiary/aromatic N) is 1. The minimum atomic E-state index is -0.498. The number of aromatic nitrogens is 1. The Balaban J connectivity index is 2.32. The molecule has 0 spiro atoms. The van der Waals surface area contributed by atoms with Gasteiger partial charge in [-0.3, -0.25) is 14.4 Å². The van der Waals surface area contributed by atoms with E-state index in [0.717, 1.165) is 0 Å². The van der Waals surface area contributed by atoms with Gasteiger partial charge in [0, 0.05) is 31.0 Å². The Morgan fingerprint density at radius 3 is 2.84 bits per heavy atom. The van der Waals surface area contributed by atoms with E-state index in [-0.39, 0.29) is 22.8 Å². The molecule has 1 aromatic rings. The highest BCUT2D eigenvalue weighted by molar-refractivity contribution is 5.97. The van der Waals surface area contributed by atoms with E-state index in [4.69, 9.17) is 0 Å². The summed E-state index contributed by atoms with van der Waals surface area (Å²) in [7, 11) is 0. The minimum absolute atomic E-state index is 0.0822. The smallest absolute Gasteiger partial charge is 0.260 e. The van der Waals surface area contributed by atoms with Gasteiger partial charge in [-0.1, -0.05) is 6.92 Å². The molecule has 2 rings (SSSR count). The van der Waals surface area contributed by atoms with Crippen LogP contribution in [0.1, 0.15) is 29.4 Å². The molecule has 1 atom stereocenters. The molecule has 0 bridgehead atoms. The van der Waals surface area contributed by atoms with Gasteiger partial charge in [0.2, 0.25) is 5.91 Å². The summed E-state index contributed by atoms with van der Waals surface area (Å²) in [4.78, 5) is 40.3. The lowest BCUT2D eigenvalue weighted by Crippen LogP contribution is -2.57. The van der Waals surface area contributed by atoms with Gasteiger partial charge in [0.15, 0.2) is 5.43 Å². The molecule has 1 aromatic heterocycles. The number of nitrogens with one attached hydrogen (secondary N) is 2. The third kappa shape index (κ3) is 2.52. The zero-order chi connectivity index (χ0) is 14.0. The van der Waals surface area contributed by atoms with Gasteiger partial charge in [-0.15, -0.1) is 0 Å². The van der Waals surface area contributed by atoms with Crippen LogP contribution in [0.5, 0.6) is 0 Å². The fourth-order valence-corrected chi connectivity index (χ4v) is 2.26. The van der Waals surface area contributed by atoms with Crippen LogP contribution in [0.4, 0.5) is 0 Å². The van der Waals surface area contributed by atoms with E-state index in [0.29, 0.717) is 25.2 Å². The van der Waals surface area contributed by atoms with Gasteiger partial charge in [0.05, 0.1) is 0 Å². The highest BCUT2D eigenvalue weighted by Gasteiger charge is 2.32. The SMILES string of the molecule is CCC1C(=O)NCCN1C(=O)c1c[nH]c(C)cc1=O. The number of carbonyl (C=O) groups is 2. The number of aryl methyl sites for hydroxylation is 1. The predicted octanol–water partition coefficient (Wildman–Crippen LogP) is 0.0339. The van der Waals surface area contributed by atoms with Crippen molar-refractivity contribution in [3.63, 3.8) is 0 Å². The van der Waals surface area contributed by atoms with Gasteiger partial charge in [-0.25, -0.2) is 0 Å². The second kappa shape index (κ2) is 5.26. The largest absolute Gasteiger partial charge is 0.364 e. The number of pyridine rings is 1. The third-order valence-electron chi connectivity index (χ3n) is 3.27. The first-order valence-corrected chi connectivity index (χ1v) is 6.32. The quantitative estimate of drug-likeness (QED) is 0.790. The van der Waals surface area contributed by atoms with Gasteiger partial charge in [-0.2, -0.15) is 0 Å². The number of amides is 2. The summed E-state index contributed by atoms with van der Waals surface area (Å²) >= 11 is 0. The molecular formula is C13H17N3O3. The zero-order valence-corrected chi connectivity index (χ0v) is 11.0. The van der Waals surface area contributed by atoms with Crippen molar-refractivity contribution < 1.29 is 9.59 Å². The average Bonchev–Trinajstić information content (AvgIpc) is 2.37. The Kier molecular flexibility index (Phi) is 3.69. The summed E-state index contributed by atoms with van der Waals surface area (Å²) in [6, 6.07) is 0.889. The summed E-state index contributed by atoms with van der Waals surface area (Å²) in [5.41, 5.74) is 0.464. The topological polar surface area (TPSA) is 82.3 Å². The molecule has 2 heterocycles. The molecule has 6 heteroatoms. The molecule has 2 N–H and O–H groups in total. The highest BCUT2D eigenvalue weighted by Crippen LogP contribution is 2.11. The van der Waals surface area contributed by atoms with Crippen LogP contribution in [-0.4, -0.2) is 40.8 Å². The predicted molar refractivity (Wildman–Crippen MR) is 69.9 cm³/mol. The molecule has 6 nitrogen and oxygen atoms in total. The minimum Gasteiger partial charge on any atom is -0.364 e. The Morgan fingerprint density at radius 1 is 1.47 bits per heavy atom. The Morgan fingerprint density at radius 2 is 2.21 bits per heavy atom. The van der Waals surface area contributed by atoms with E-state index in [9.17, 15) is 14.4 Å². The summed E-state index contributed by atoms with van der Waals surface area (Å²) in [5.74, 6) is -0.548. The first kappa shape index (κ1) is 13.3. The Labute approximate surface area is 110 Å². The van der Waals surface area contributed by atoms with Gasteiger partial charge in [0.25, 0.3) is 5.91 Å². The molecule has 2 amide bonds. The average molecular weight is 263 g/mol. The highest BCUT2D eigenvalue weighted by atomic mass is 16.2. The van der Waals surface area contributed by atoms with Crippen LogP contribution in [-0.2, 0) is 4.79 Å². The molecule has 102 valence electrons. The van der Waals surface area contributed by atoms with Crippen molar-refractivity contribution in [2.24, 2.45) is 0 Å². The van der Waals surface area contributed by atoms with E-state index < -0.39 is 6.04 Å². The third-order valence-corrected chi connectivity index (χ3v) is 3.27. The second-order valence-electron chi connectivity index (χ2n) is 4.61. The zero-order valence-electron chi connectivity index (χ0n) is 11.0. The van der Waals surface area contributed by atoms with Gasteiger partial charge in [0.1, 0.15) is 11.6 Å². The number of hydrogen-bond acceptors (Lipinski definition) is 3. The number of hydrogen-bond donors (Lipinski definition) is 2. The first-order valence-electron chi connectivity index (χ1n) is 6.32. The van der Waals surface area contributed by atoms with Crippen molar-refractivity contribution in [3.8, 4) is 0 Å². The summed E-state index contributed by atoms with van der Waals surface area (Å²) in [6.45, 7) is 4.44. The van der Waals surface area contributed by atoms with Crippen LogP contribution < -0.4 is 10.7 Å².